The summed E-state index contributed by atoms with van der Waals surface area (Å²) in [4.78, 5) is 6.71. The molecule has 0 aromatic carbocycles. The van der Waals surface area contributed by atoms with E-state index in [1.807, 2.05) is 41.9 Å². The van der Waals surface area contributed by atoms with E-state index in [4.69, 9.17) is 0 Å². The largest absolute Gasteiger partial charge is 0.357 e. The van der Waals surface area contributed by atoms with Gasteiger partial charge in [-0.25, -0.2) is 13.4 Å². The quantitative estimate of drug-likeness (QED) is 0.428. The topological polar surface area (TPSA) is 66.7 Å². The van der Waals surface area contributed by atoms with E-state index in [0.29, 0.717) is 19.6 Å². The molecule has 1 aromatic rings. The van der Waals surface area contributed by atoms with Crippen LogP contribution >= 0.6 is 24.0 Å². The lowest BCUT2D eigenvalue weighted by Gasteiger charge is -2.39. The van der Waals surface area contributed by atoms with Crippen molar-refractivity contribution in [1.82, 2.24) is 14.8 Å². The maximum absolute atomic E-state index is 12.1. The van der Waals surface area contributed by atoms with Crippen molar-refractivity contribution in [1.29, 1.82) is 0 Å². The first-order valence-electron chi connectivity index (χ1n) is 7.61. The van der Waals surface area contributed by atoms with Gasteiger partial charge in [0.15, 0.2) is 15.8 Å². The molecule has 1 saturated heterocycles. The molecule has 8 heteroatoms. The third-order valence-electron chi connectivity index (χ3n) is 3.98. The zero-order valence-corrected chi connectivity index (χ0v) is 17.4. The van der Waals surface area contributed by atoms with E-state index in [1.54, 1.807) is 13.8 Å². The fourth-order valence-electron chi connectivity index (χ4n) is 2.57. The van der Waals surface area contributed by atoms with Crippen LogP contribution in [0.2, 0.25) is 0 Å². The Morgan fingerprint density at radius 2 is 2.13 bits per heavy atom. The van der Waals surface area contributed by atoms with Gasteiger partial charge in [-0.1, -0.05) is 0 Å². The molecule has 2 heterocycles. The van der Waals surface area contributed by atoms with Gasteiger partial charge in [-0.15, -0.1) is 24.0 Å². The minimum absolute atomic E-state index is 0. The average molecular weight is 454 g/mol. The van der Waals surface area contributed by atoms with Gasteiger partial charge in [-0.05, 0) is 32.4 Å². The highest BCUT2D eigenvalue weighted by Gasteiger charge is 2.40. The lowest BCUT2D eigenvalue weighted by atomic mass is 10.2. The van der Waals surface area contributed by atoms with Gasteiger partial charge in [0.2, 0.25) is 0 Å². The number of rotatable bonds is 3. The van der Waals surface area contributed by atoms with Crippen molar-refractivity contribution in [2.45, 2.75) is 32.1 Å². The molecule has 2 rings (SSSR count). The van der Waals surface area contributed by atoms with E-state index in [0.717, 1.165) is 18.1 Å². The highest BCUT2D eigenvalue weighted by Crippen LogP contribution is 2.23. The van der Waals surface area contributed by atoms with E-state index < -0.39 is 14.6 Å². The molecule has 1 aliphatic heterocycles. The molecule has 1 aromatic heterocycles. The molecular weight excluding hydrogens is 427 g/mol. The number of hydrogen-bond acceptors (Lipinski definition) is 3. The Labute approximate surface area is 156 Å². The van der Waals surface area contributed by atoms with Crippen LogP contribution in [0.25, 0.3) is 0 Å². The number of nitrogens with zero attached hydrogens (tertiary/aromatic N) is 3. The Hall–Kier alpha value is -0.770. The van der Waals surface area contributed by atoms with Crippen LogP contribution in [0.3, 0.4) is 0 Å². The molecule has 0 aliphatic carbocycles. The van der Waals surface area contributed by atoms with Gasteiger partial charge in [0.25, 0.3) is 0 Å². The summed E-state index contributed by atoms with van der Waals surface area (Å²) in [6.07, 6.45) is 4.03. The predicted molar refractivity (Wildman–Crippen MR) is 105 cm³/mol. The van der Waals surface area contributed by atoms with Crippen molar-refractivity contribution in [2.75, 3.05) is 25.4 Å². The van der Waals surface area contributed by atoms with E-state index in [1.165, 1.54) is 0 Å². The minimum atomic E-state index is -3.03. The monoisotopic (exact) mass is 454 g/mol. The Kier molecular flexibility index (Phi) is 6.94. The summed E-state index contributed by atoms with van der Waals surface area (Å²) in [5.41, 5.74) is 1.14. The number of aryl methyl sites for hydroxylation is 1. The van der Waals surface area contributed by atoms with Crippen molar-refractivity contribution in [3.8, 4) is 0 Å². The van der Waals surface area contributed by atoms with Gasteiger partial charge < -0.3 is 14.8 Å². The third kappa shape index (κ3) is 4.85. The van der Waals surface area contributed by atoms with Crippen LogP contribution in [-0.4, -0.2) is 54.0 Å². The molecule has 0 saturated carbocycles. The molecule has 0 atom stereocenters. The summed E-state index contributed by atoms with van der Waals surface area (Å²) in [6, 6.07) is 2.04. The Morgan fingerprint density at radius 3 is 2.65 bits per heavy atom. The predicted octanol–water partition coefficient (Wildman–Crippen LogP) is 1.62. The molecule has 23 heavy (non-hydrogen) atoms. The van der Waals surface area contributed by atoms with Crippen LogP contribution in [-0.2, 0) is 23.4 Å². The zero-order valence-electron chi connectivity index (χ0n) is 14.2. The maximum Gasteiger partial charge on any atom is 0.194 e. The SMILES string of the molecule is CCNC(=NCc1ccn(C)c1)N1CCS(=O)(=O)C(C)(C)C1.I. The van der Waals surface area contributed by atoms with E-state index in [9.17, 15) is 8.42 Å². The van der Waals surface area contributed by atoms with Crippen LogP contribution in [0.15, 0.2) is 23.5 Å². The number of sulfone groups is 1. The molecule has 0 radical (unpaired) electrons. The first-order chi connectivity index (χ1) is 10.2. The van der Waals surface area contributed by atoms with Crippen molar-refractivity contribution in [3.05, 3.63) is 24.0 Å². The fourth-order valence-corrected chi connectivity index (χ4v) is 3.94. The van der Waals surface area contributed by atoms with E-state index in [2.05, 4.69) is 10.3 Å². The molecule has 1 N–H and O–H groups in total. The first-order valence-corrected chi connectivity index (χ1v) is 9.27. The molecule has 0 amide bonds. The summed E-state index contributed by atoms with van der Waals surface area (Å²) in [6.45, 7) is 7.90. The molecular formula is C15H27IN4O2S. The second-order valence-electron chi connectivity index (χ2n) is 6.36. The number of aromatic nitrogens is 1. The van der Waals surface area contributed by atoms with Crippen LogP contribution < -0.4 is 5.32 Å². The van der Waals surface area contributed by atoms with Gasteiger partial charge in [-0.3, -0.25) is 0 Å². The summed E-state index contributed by atoms with van der Waals surface area (Å²) >= 11 is 0. The molecule has 0 spiro atoms. The second-order valence-corrected chi connectivity index (χ2v) is 9.10. The fraction of sp³-hybridized carbons (Fsp3) is 0.667. The Morgan fingerprint density at radius 1 is 1.43 bits per heavy atom. The summed E-state index contributed by atoms with van der Waals surface area (Å²) in [7, 11) is -1.05. The maximum atomic E-state index is 12.1. The average Bonchev–Trinajstić information content (AvgIpc) is 2.84. The summed E-state index contributed by atoms with van der Waals surface area (Å²) in [5, 5.41) is 3.27. The summed E-state index contributed by atoms with van der Waals surface area (Å²) < 4.78 is 25.5. The van der Waals surface area contributed by atoms with E-state index >= 15 is 0 Å². The smallest absolute Gasteiger partial charge is 0.194 e. The lowest BCUT2D eigenvalue weighted by molar-refractivity contribution is 0.353. The van der Waals surface area contributed by atoms with Crippen molar-refractivity contribution in [3.63, 3.8) is 0 Å². The standard InChI is InChI=1S/C15H26N4O2S.HI/c1-5-16-14(17-10-13-6-7-18(4)11-13)19-8-9-22(20,21)15(2,3)12-19;/h6-7,11H,5,8-10,12H2,1-4H3,(H,16,17);1H. The molecule has 6 nitrogen and oxygen atoms in total. The van der Waals surface area contributed by atoms with Gasteiger partial charge >= 0.3 is 0 Å². The molecule has 0 bridgehead atoms. The molecule has 0 unspecified atom stereocenters. The highest BCUT2D eigenvalue weighted by atomic mass is 127. The van der Waals surface area contributed by atoms with Crippen LogP contribution in [0.5, 0.6) is 0 Å². The number of hydrogen-bond donors (Lipinski definition) is 1. The van der Waals surface area contributed by atoms with Crippen molar-refractivity contribution < 1.29 is 8.42 Å². The second kappa shape index (κ2) is 7.87. The molecule has 1 fully saturated rings. The van der Waals surface area contributed by atoms with E-state index in [-0.39, 0.29) is 29.7 Å². The Bertz CT molecular complexity index is 652. The van der Waals surface area contributed by atoms with Crippen LogP contribution in [0.4, 0.5) is 0 Å². The Balaban J connectivity index is 0.00000264. The summed E-state index contributed by atoms with van der Waals surface area (Å²) in [5.74, 6) is 0.963. The van der Waals surface area contributed by atoms with Gasteiger partial charge in [0.05, 0.1) is 17.0 Å². The van der Waals surface area contributed by atoms with Crippen molar-refractivity contribution >= 4 is 39.8 Å². The van der Waals surface area contributed by atoms with Crippen LogP contribution in [0, 0.1) is 0 Å². The number of guanidine groups is 1. The van der Waals surface area contributed by atoms with Gasteiger partial charge in [0.1, 0.15) is 0 Å². The lowest BCUT2D eigenvalue weighted by Crippen LogP contribution is -2.57. The zero-order chi connectivity index (χ0) is 16.4. The van der Waals surface area contributed by atoms with Gasteiger partial charge in [-0.2, -0.15) is 0 Å². The normalized spacial score (nSPS) is 20.0. The number of aliphatic imine (C=N–C) groups is 1. The third-order valence-corrected chi connectivity index (χ3v) is 6.52. The van der Waals surface area contributed by atoms with Crippen LogP contribution in [0.1, 0.15) is 26.3 Å². The van der Waals surface area contributed by atoms with Crippen molar-refractivity contribution in [2.24, 2.45) is 12.0 Å². The van der Waals surface area contributed by atoms with Gasteiger partial charge in [0, 0.05) is 39.1 Å². The number of nitrogens with one attached hydrogen (secondary N) is 1. The minimum Gasteiger partial charge on any atom is -0.357 e. The molecule has 1 aliphatic rings. The number of halogens is 1. The first kappa shape index (κ1) is 20.3. The highest BCUT2D eigenvalue weighted by molar-refractivity contribution is 14.0. The molecule has 132 valence electrons.